The third kappa shape index (κ3) is 4.06. The summed E-state index contributed by atoms with van der Waals surface area (Å²) >= 11 is 7.69. The number of furan rings is 1. The maximum absolute atomic E-state index is 13.4. The van der Waals surface area contributed by atoms with Crippen molar-refractivity contribution in [2.45, 2.75) is 33.7 Å². The van der Waals surface area contributed by atoms with Crippen LogP contribution >= 0.6 is 22.9 Å². The lowest BCUT2D eigenvalue weighted by Gasteiger charge is -2.19. The van der Waals surface area contributed by atoms with Gasteiger partial charge < -0.3 is 8.98 Å². The van der Waals surface area contributed by atoms with E-state index >= 15 is 0 Å². The van der Waals surface area contributed by atoms with E-state index in [2.05, 4.69) is 4.98 Å². The van der Waals surface area contributed by atoms with Crippen LogP contribution in [0.25, 0.3) is 10.2 Å². The van der Waals surface area contributed by atoms with Gasteiger partial charge in [-0.1, -0.05) is 22.9 Å². The molecule has 4 aromatic rings. The van der Waals surface area contributed by atoms with Crippen molar-refractivity contribution < 1.29 is 9.21 Å². The largest absolute Gasteiger partial charge is 0.466 e. The predicted molar refractivity (Wildman–Crippen MR) is 116 cm³/mol. The van der Waals surface area contributed by atoms with E-state index in [-0.39, 0.29) is 5.91 Å². The Hall–Kier alpha value is -2.64. The summed E-state index contributed by atoms with van der Waals surface area (Å²) < 4.78 is 8.55. The maximum atomic E-state index is 13.4. The molecule has 3 heterocycles. The average Bonchev–Trinajstić information content (AvgIpc) is 3.38. The minimum Gasteiger partial charge on any atom is -0.466 e. The van der Waals surface area contributed by atoms with E-state index in [0.717, 1.165) is 34.5 Å². The number of aromatic nitrogens is 3. The predicted octanol–water partition coefficient (Wildman–Crippen LogP) is 5.40. The third-order valence-electron chi connectivity index (χ3n) is 4.74. The monoisotopic (exact) mass is 428 g/mol. The number of rotatable bonds is 6. The number of hydrogen-bond acceptors (Lipinski definition) is 5. The summed E-state index contributed by atoms with van der Waals surface area (Å²) in [7, 11) is 0. The second kappa shape index (κ2) is 8.00. The highest BCUT2D eigenvalue weighted by Crippen LogP contribution is 2.34. The first-order chi connectivity index (χ1) is 13.9. The van der Waals surface area contributed by atoms with Gasteiger partial charge in [0.15, 0.2) is 5.13 Å². The number of aryl methyl sites for hydroxylation is 4. The third-order valence-corrected chi connectivity index (χ3v) is 5.99. The molecule has 0 saturated carbocycles. The Bertz CT molecular complexity index is 1160. The Balaban J connectivity index is 1.68. The van der Waals surface area contributed by atoms with E-state index in [0.29, 0.717) is 28.0 Å². The molecule has 0 N–H and O–H groups in total. The SMILES string of the molecule is Cc1cc(C(=O)N(CCCn2ccnc2)c2nc3c(C)cc(Cl)cc3s2)c(C)o1. The molecule has 0 aliphatic rings. The Kier molecular flexibility index (Phi) is 5.43. The van der Waals surface area contributed by atoms with Gasteiger partial charge in [0.2, 0.25) is 0 Å². The topological polar surface area (TPSA) is 64.2 Å². The first-order valence-corrected chi connectivity index (χ1v) is 10.5. The minimum atomic E-state index is -0.104. The van der Waals surface area contributed by atoms with E-state index in [1.54, 1.807) is 23.5 Å². The molecule has 0 unspecified atom stereocenters. The van der Waals surface area contributed by atoms with Crippen molar-refractivity contribution in [3.05, 3.63) is 64.6 Å². The molecular weight excluding hydrogens is 408 g/mol. The van der Waals surface area contributed by atoms with Crippen LogP contribution in [0.3, 0.4) is 0 Å². The zero-order chi connectivity index (χ0) is 20.5. The molecule has 29 heavy (non-hydrogen) atoms. The first-order valence-electron chi connectivity index (χ1n) is 9.33. The van der Waals surface area contributed by atoms with Crippen LogP contribution in [0.1, 0.15) is 33.9 Å². The molecular formula is C21H21ClN4O2S. The van der Waals surface area contributed by atoms with Crippen molar-refractivity contribution in [3.8, 4) is 0 Å². The standard InChI is InChI=1S/C21H21ClN4O2S/c1-13-9-16(22)11-18-19(13)24-21(29-18)26(7-4-6-25-8-5-23-12-25)20(27)17-10-14(2)28-15(17)3/h5,8-12H,4,6-7H2,1-3H3. The van der Waals surface area contributed by atoms with E-state index in [1.807, 2.05) is 43.7 Å². The molecule has 4 rings (SSSR count). The van der Waals surface area contributed by atoms with Gasteiger partial charge in [0.05, 0.1) is 22.1 Å². The quantitative estimate of drug-likeness (QED) is 0.412. The van der Waals surface area contributed by atoms with Crippen LogP contribution in [0.5, 0.6) is 0 Å². The molecule has 0 fully saturated rings. The van der Waals surface area contributed by atoms with Gasteiger partial charge in [0, 0.05) is 30.5 Å². The molecule has 0 spiro atoms. The minimum absolute atomic E-state index is 0.104. The fraction of sp³-hybridized carbons (Fsp3) is 0.286. The molecule has 0 aliphatic heterocycles. The van der Waals surface area contributed by atoms with Crippen LogP contribution in [-0.2, 0) is 6.54 Å². The van der Waals surface area contributed by atoms with Gasteiger partial charge in [0.1, 0.15) is 11.5 Å². The molecule has 6 nitrogen and oxygen atoms in total. The van der Waals surface area contributed by atoms with Crippen molar-refractivity contribution in [3.63, 3.8) is 0 Å². The number of anilines is 1. The van der Waals surface area contributed by atoms with Gasteiger partial charge in [0.25, 0.3) is 5.91 Å². The number of carbonyl (C=O) groups excluding carboxylic acids is 1. The van der Waals surface area contributed by atoms with E-state index < -0.39 is 0 Å². The highest BCUT2D eigenvalue weighted by Gasteiger charge is 2.25. The Labute approximate surface area is 177 Å². The van der Waals surface area contributed by atoms with Crippen molar-refractivity contribution in [2.24, 2.45) is 0 Å². The number of hydrogen-bond donors (Lipinski definition) is 0. The summed E-state index contributed by atoms with van der Waals surface area (Å²) in [6, 6.07) is 5.57. The number of halogens is 1. The molecule has 150 valence electrons. The van der Waals surface area contributed by atoms with Crippen LogP contribution in [0.4, 0.5) is 5.13 Å². The molecule has 1 aromatic carbocycles. The van der Waals surface area contributed by atoms with Crippen LogP contribution in [0.2, 0.25) is 5.02 Å². The van der Waals surface area contributed by atoms with Crippen LogP contribution in [0.15, 0.2) is 41.3 Å². The molecule has 0 saturated heterocycles. The maximum Gasteiger partial charge on any atom is 0.263 e. The first kappa shape index (κ1) is 19.7. The zero-order valence-corrected chi connectivity index (χ0v) is 18.0. The van der Waals surface area contributed by atoms with Crippen molar-refractivity contribution >= 4 is 44.2 Å². The molecule has 1 amide bonds. The summed E-state index contributed by atoms with van der Waals surface area (Å²) in [5.41, 5.74) is 2.44. The van der Waals surface area contributed by atoms with Crippen LogP contribution in [0, 0.1) is 20.8 Å². The molecule has 0 bridgehead atoms. The van der Waals surface area contributed by atoms with Gasteiger partial charge in [-0.25, -0.2) is 9.97 Å². The number of amides is 1. The summed E-state index contributed by atoms with van der Waals surface area (Å²) in [5.74, 6) is 1.23. The van der Waals surface area contributed by atoms with E-state index in [4.69, 9.17) is 21.0 Å². The summed E-state index contributed by atoms with van der Waals surface area (Å²) in [5, 5.41) is 1.34. The second-order valence-corrected chi connectivity index (χ2v) is 8.45. The fourth-order valence-corrected chi connectivity index (χ4v) is 4.81. The summed E-state index contributed by atoms with van der Waals surface area (Å²) in [6.45, 7) is 6.94. The lowest BCUT2D eigenvalue weighted by Crippen LogP contribution is -2.32. The number of carbonyl (C=O) groups is 1. The van der Waals surface area contributed by atoms with Gasteiger partial charge in [-0.3, -0.25) is 9.69 Å². The van der Waals surface area contributed by atoms with Gasteiger partial charge >= 0.3 is 0 Å². The molecule has 3 aromatic heterocycles. The molecule has 0 atom stereocenters. The zero-order valence-electron chi connectivity index (χ0n) is 16.5. The van der Waals surface area contributed by atoms with Crippen LogP contribution < -0.4 is 4.90 Å². The van der Waals surface area contributed by atoms with E-state index in [1.165, 1.54) is 11.3 Å². The van der Waals surface area contributed by atoms with Crippen molar-refractivity contribution in [1.82, 2.24) is 14.5 Å². The normalized spacial score (nSPS) is 11.3. The number of benzene rings is 1. The van der Waals surface area contributed by atoms with E-state index in [9.17, 15) is 4.79 Å². The van der Waals surface area contributed by atoms with Gasteiger partial charge in [-0.2, -0.15) is 0 Å². The smallest absolute Gasteiger partial charge is 0.263 e. The highest BCUT2D eigenvalue weighted by atomic mass is 35.5. The fourth-order valence-electron chi connectivity index (χ4n) is 3.36. The van der Waals surface area contributed by atoms with Crippen molar-refractivity contribution in [2.75, 3.05) is 11.4 Å². The Morgan fingerprint density at radius 2 is 2.10 bits per heavy atom. The van der Waals surface area contributed by atoms with Gasteiger partial charge in [-0.15, -0.1) is 0 Å². The molecule has 0 radical (unpaired) electrons. The highest BCUT2D eigenvalue weighted by molar-refractivity contribution is 7.22. The van der Waals surface area contributed by atoms with Gasteiger partial charge in [-0.05, 0) is 51.0 Å². The second-order valence-electron chi connectivity index (χ2n) is 7.00. The summed E-state index contributed by atoms with van der Waals surface area (Å²) in [6.07, 6.45) is 6.21. The number of nitrogens with zero attached hydrogens (tertiary/aromatic N) is 4. The number of thiazole rings is 1. The molecule has 8 heteroatoms. The molecule has 0 aliphatic carbocycles. The number of fused-ring (bicyclic) bond motifs is 1. The average molecular weight is 429 g/mol. The Morgan fingerprint density at radius 3 is 2.79 bits per heavy atom. The lowest BCUT2D eigenvalue weighted by atomic mass is 10.2. The number of imidazole rings is 1. The lowest BCUT2D eigenvalue weighted by molar-refractivity contribution is 0.0985. The van der Waals surface area contributed by atoms with Crippen molar-refractivity contribution in [1.29, 1.82) is 0 Å². The summed E-state index contributed by atoms with van der Waals surface area (Å²) in [4.78, 5) is 24.0. The Morgan fingerprint density at radius 1 is 1.28 bits per heavy atom. The van der Waals surface area contributed by atoms with Crippen LogP contribution in [-0.4, -0.2) is 27.0 Å².